The fourth-order valence-corrected chi connectivity index (χ4v) is 3.28. The molecular weight excluding hydrogens is 351 g/mol. The molecule has 27 heavy (non-hydrogen) atoms. The summed E-state index contributed by atoms with van der Waals surface area (Å²) in [6.45, 7) is 7.11. The number of rotatable bonds is 4. The molecule has 0 radical (unpaired) electrons. The van der Waals surface area contributed by atoms with Crippen LogP contribution in [-0.4, -0.2) is 32.8 Å². The molecule has 0 saturated carbocycles. The van der Waals surface area contributed by atoms with Gasteiger partial charge in [0.2, 0.25) is 0 Å². The Balaban J connectivity index is 0.000000279. The lowest BCUT2D eigenvalue weighted by Gasteiger charge is -2.19. The summed E-state index contributed by atoms with van der Waals surface area (Å²) in [5, 5.41) is 15.6. The van der Waals surface area contributed by atoms with Crippen molar-refractivity contribution in [2.24, 2.45) is 5.73 Å². The van der Waals surface area contributed by atoms with Crippen LogP contribution in [0.25, 0.3) is 11.3 Å². The first-order chi connectivity index (χ1) is 12.5. The monoisotopic (exact) mass is 374 g/mol. The maximum absolute atomic E-state index is 13.6. The van der Waals surface area contributed by atoms with Crippen molar-refractivity contribution in [2.45, 2.75) is 38.8 Å². The fraction of sp³-hybridized carbons (Fsp3) is 0.300. The summed E-state index contributed by atoms with van der Waals surface area (Å²) in [6, 6.07) is 7.30. The van der Waals surface area contributed by atoms with Crippen molar-refractivity contribution in [3.05, 3.63) is 59.6 Å². The third-order valence-corrected chi connectivity index (χ3v) is 4.40. The van der Waals surface area contributed by atoms with Crippen molar-refractivity contribution in [1.29, 1.82) is 0 Å². The normalized spacial score (nSPS) is 14.9. The molecule has 0 saturated heterocycles. The Hall–Kier alpha value is -2.93. The molecule has 6 nitrogen and oxygen atoms in total. The highest BCUT2D eigenvalue weighted by molar-refractivity contribution is 5.89. The van der Waals surface area contributed by atoms with E-state index in [-0.39, 0.29) is 17.3 Å². The van der Waals surface area contributed by atoms with Gasteiger partial charge in [-0.15, -0.1) is 0 Å². The number of halogens is 1. The smallest absolute Gasteiger partial charge is 0.328 e. The number of hydrogen-bond donors (Lipinski definition) is 3. The minimum absolute atomic E-state index is 0.0680. The van der Waals surface area contributed by atoms with Crippen LogP contribution in [0.2, 0.25) is 0 Å². The lowest BCUT2D eigenvalue weighted by molar-refractivity contribution is -0.134. The Bertz CT molecular complexity index is 881. The van der Waals surface area contributed by atoms with Gasteiger partial charge in [0.25, 0.3) is 0 Å². The van der Waals surface area contributed by atoms with E-state index in [1.165, 1.54) is 11.1 Å². The lowest BCUT2D eigenvalue weighted by Crippen LogP contribution is -2.22. The second-order valence-corrected chi connectivity index (χ2v) is 7.03. The predicted octanol–water partition coefficient (Wildman–Crippen LogP) is 2.99. The predicted molar refractivity (Wildman–Crippen MR) is 100 cm³/mol. The molecule has 3 rings (SSSR count). The summed E-state index contributed by atoms with van der Waals surface area (Å²) in [7, 11) is 0. The molecular formula is C20H23FN2O4. The molecule has 144 valence electrons. The van der Waals surface area contributed by atoms with Crippen molar-refractivity contribution in [3.63, 3.8) is 0 Å². The number of carbonyl (C=O) groups is 2. The number of nitrogens with two attached hydrogens (primary N) is 1. The molecule has 2 aromatic rings. The molecule has 0 bridgehead atoms. The van der Waals surface area contributed by atoms with E-state index in [1.54, 1.807) is 12.1 Å². The first-order valence-electron chi connectivity index (χ1n) is 8.43. The van der Waals surface area contributed by atoms with Crippen molar-refractivity contribution in [3.8, 4) is 11.3 Å². The van der Waals surface area contributed by atoms with Gasteiger partial charge in [0.15, 0.2) is 0 Å². The van der Waals surface area contributed by atoms with Crippen LogP contribution in [0, 0.1) is 5.82 Å². The van der Waals surface area contributed by atoms with E-state index in [0.717, 1.165) is 17.8 Å². The second kappa shape index (κ2) is 7.75. The first-order valence-corrected chi connectivity index (χ1v) is 8.43. The van der Waals surface area contributed by atoms with Gasteiger partial charge in [-0.1, -0.05) is 19.9 Å². The van der Waals surface area contributed by atoms with Gasteiger partial charge in [0, 0.05) is 41.9 Å². The third kappa shape index (κ3) is 4.43. The molecule has 0 unspecified atom stereocenters. The van der Waals surface area contributed by atoms with Gasteiger partial charge < -0.3 is 20.5 Å². The van der Waals surface area contributed by atoms with E-state index in [1.807, 2.05) is 13.0 Å². The SMILES string of the molecule is C[C@H](N)Cn1ccc2c1-c1cc(F)ccc1C2(C)C.O=C(O)C=CC(=O)O. The van der Waals surface area contributed by atoms with Gasteiger partial charge in [0.05, 0.1) is 5.69 Å². The lowest BCUT2D eigenvalue weighted by atomic mass is 9.83. The number of carboxylic acid groups (broad SMARTS) is 2. The maximum atomic E-state index is 13.6. The zero-order valence-electron chi connectivity index (χ0n) is 15.4. The number of fused-ring (bicyclic) bond motifs is 3. The highest BCUT2D eigenvalue weighted by atomic mass is 19.1. The quantitative estimate of drug-likeness (QED) is 0.714. The largest absolute Gasteiger partial charge is 0.478 e. The van der Waals surface area contributed by atoms with Gasteiger partial charge >= 0.3 is 11.9 Å². The fourth-order valence-electron chi connectivity index (χ4n) is 3.28. The van der Waals surface area contributed by atoms with Crippen LogP contribution in [0.1, 0.15) is 31.9 Å². The maximum Gasteiger partial charge on any atom is 0.328 e. The minimum atomic E-state index is -1.26. The topological polar surface area (TPSA) is 106 Å². The van der Waals surface area contributed by atoms with E-state index < -0.39 is 11.9 Å². The second-order valence-electron chi connectivity index (χ2n) is 7.03. The average Bonchev–Trinajstić information content (AvgIpc) is 3.05. The van der Waals surface area contributed by atoms with Crippen LogP contribution in [0.5, 0.6) is 0 Å². The van der Waals surface area contributed by atoms with Gasteiger partial charge in [-0.25, -0.2) is 14.0 Å². The van der Waals surface area contributed by atoms with Crippen LogP contribution in [0.3, 0.4) is 0 Å². The van der Waals surface area contributed by atoms with E-state index in [4.69, 9.17) is 15.9 Å². The Labute approximate surface area is 156 Å². The molecule has 1 heterocycles. The first kappa shape index (κ1) is 20.4. The van der Waals surface area contributed by atoms with Gasteiger partial charge in [-0.05, 0) is 36.2 Å². The van der Waals surface area contributed by atoms with E-state index >= 15 is 0 Å². The molecule has 1 aliphatic rings. The van der Waals surface area contributed by atoms with Gasteiger partial charge in [0.1, 0.15) is 5.82 Å². The summed E-state index contributed by atoms with van der Waals surface area (Å²) in [5.41, 5.74) is 10.4. The molecule has 7 heteroatoms. The molecule has 1 atom stereocenters. The van der Waals surface area contributed by atoms with Crippen LogP contribution >= 0.6 is 0 Å². The van der Waals surface area contributed by atoms with Crippen molar-refractivity contribution >= 4 is 11.9 Å². The van der Waals surface area contributed by atoms with E-state index in [0.29, 0.717) is 12.2 Å². The number of nitrogens with zero attached hydrogens (tertiary/aromatic N) is 1. The highest BCUT2D eigenvalue weighted by Crippen LogP contribution is 2.49. The average molecular weight is 374 g/mol. The Morgan fingerprint density at radius 2 is 1.78 bits per heavy atom. The number of benzene rings is 1. The minimum Gasteiger partial charge on any atom is -0.478 e. The van der Waals surface area contributed by atoms with Crippen LogP contribution < -0.4 is 5.73 Å². The van der Waals surface area contributed by atoms with Gasteiger partial charge in [-0.3, -0.25) is 0 Å². The summed E-state index contributed by atoms with van der Waals surface area (Å²) in [4.78, 5) is 19.1. The standard InChI is InChI=1S/C16H19FN2.C4H4O4/c1-10(18)9-19-7-6-14-15(19)12-8-11(17)4-5-13(12)16(14,2)3;5-3(6)1-2-4(7)8/h4-8,10H,9,18H2,1-3H3;1-2H,(H,5,6)(H,7,8)/t10-;/m0./s1. The van der Waals surface area contributed by atoms with Crippen LogP contribution in [0.4, 0.5) is 4.39 Å². The van der Waals surface area contributed by atoms with Crippen LogP contribution in [0.15, 0.2) is 42.6 Å². The molecule has 0 amide bonds. The Kier molecular flexibility index (Phi) is 5.85. The van der Waals surface area contributed by atoms with Crippen molar-refractivity contribution in [1.82, 2.24) is 4.57 Å². The van der Waals surface area contributed by atoms with Crippen LogP contribution in [-0.2, 0) is 21.5 Å². The number of carboxylic acids is 2. The summed E-state index contributed by atoms with van der Waals surface area (Å²) in [5.74, 6) is -2.70. The zero-order chi connectivity index (χ0) is 20.4. The van der Waals surface area contributed by atoms with Gasteiger partial charge in [-0.2, -0.15) is 0 Å². The zero-order valence-corrected chi connectivity index (χ0v) is 15.4. The molecule has 4 N–H and O–H groups in total. The Morgan fingerprint density at radius 3 is 2.30 bits per heavy atom. The molecule has 1 aromatic heterocycles. The molecule has 1 aromatic carbocycles. The molecule has 0 aliphatic heterocycles. The molecule has 0 spiro atoms. The van der Waals surface area contributed by atoms with Crippen molar-refractivity contribution in [2.75, 3.05) is 0 Å². The molecule has 0 fully saturated rings. The van der Waals surface area contributed by atoms with Crippen molar-refractivity contribution < 1.29 is 24.2 Å². The number of hydrogen-bond acceptors (Lipinski definition) is 3. The summed E-state index contributed by atoms with van der Waals surface area (Å²) >= 11 is 0. The summed E-state index contributed by atoms with van der Waals surface area (Å²) in [6.07, 6.45) is 3.17. The molecule has 1 aliphatic carbocycles. The Morgan fingerprint density at radius 1 is 1.19 bits per heavy atom. The third-order valence-electron chi connectivity index (χ3n) is 4.40. The highest BCUT2D eigenvalue weighted by Gasteiger charge is 2.37. The van der Waals surface area contributed by atoms with E-state index in [9.17, 15) is 14.0 Å². The number of aliphatic carboxylic acids is 2. The summed E-state index contributed by atoms with van der Waals surface area (Å²) < 4.78 is 15.7. The number of aromatic nitrogens is 1. The van der Waals surface area contributed by atoms with E-state index in [2.05, 4.69) is 30.7 Å².